The molecule has 4 rings (SSSR count). The Kier molecular flexibility index (Phi) is 6.39. The SMILES string of the molecule is O=C(NCCCN1CCc2ccccc21)[C@@H]1CCCN(S(=O)(=O)c2ccccc2)C1. The average Bonchev–Trinajstić information content (AvgIpc) is 3.20. The number of piperidine rings is 1. The first-order valence-electron chi connectivity index (χ1n) is 10.7. The zero-order chi connectivity index (χ0) is 21.0. The molecule has 1 fully saturated rings. The molecule has 2 aliphatic heterocycles. The number of sulfonamides is 1. The summed E-state index contributed by atoms with van der Waals surface area (Å²) in [6.45, 7) is 3.27. The third-order valence-electron chi connectivity index (χ3n) is 6.02. The number of rotatable bonds is 7. The van der Waals surface area contributed by atoms with E-state index < -0.39 is 10.0 Å². The lowest BCUT2D eigenvalue weighted by atomic mass is 9.99. The van der Waals surface area contributed by atoms with Gasteiger partial charge in [0.25, 0.3) is 0 Å². The Balaban J connectivity index is 1.26. The number of nitrogens with zero attached hydrogens (tertiary/aromatic N) is 2. The largest absolute Gasteiger partial charge is 0.371 e. The highest BCUT2D eigenvalue weighted by Gasteiger charge is 2.33. The standard InChI is InChI=1S/C23H29N3O3S/c27-23(24-14-7-15-25-17-13-19-8-4-5-12-22(19)25)20-9-6-16-26(18-20)30(28,29)21-10-2-1-3-11-21/h1-5,8,10-12,20H,6-7,9,13-18H2,(H,24,27)/t20-/m1/s1. The fourth-order valence-electron chi connectivity index (χ4n) is 4.38. The van der Waals surface area contributed by atoms with Crippen LogP contribution in [0.3, 0.4) is 0 Å². The summed E-state index contributed by atoms with van der Waals surface area (Å²) in [5.41, 5.74) is 2.70. The number of fused-ring (bicyclic) bond motifs is 1. The maximum absolute atomic E-state index is 12.9. The van der Waals surface area contributed by atoms with E-state index in [4.69, 9.17) is 0 Å². The van der Waals surface area contributed by atoms with E-state index in [0.717, 1.165) is 32.4 Å². The van der Waals surface area contributed by atoms with Crippen LogP contribution in [0.5, 0.6) is 0 Å². The highest BCUT2D eigenvalue weighted by molar-refractivity contribution is 7.89. The molecule has 0 unspecified atom stereocenters. The van der Waals surface area contributed by atoms with Gasteiger partial charge in [-0.2, -0.15) is 4.31 Å². The number of nitrogens with one attached hydrogen (secondary N) is 1. The molecule has 2 aromatic carbocycles. The first-order chi connectivity index (χ1) is 14.6. The molecule has 0 bridgehead atoms. The monoisotopic (exact) mass is 427 g/mol. The highest BCUT2D eigenvalue weighted by atomic mass is 32.2. The van der Waals surface area contributed by atoms with Crippen molar-refractivity contribution in [2.24, 2.45) is 5.92 Å². The third-order valence-corrected chi connectivity index (χ3v) is 7.90. The normalized spacial score (nSPS) is 19.5. The number of carbonyl (C=O) groups is 1. The van der Waals surface area contributed by atoms with Crippen molar-refractivity contribution >= 4 is 21.6 Å². The molecule has 0 saturated carbocycles. The van der Waals surface area contributed by atoms with E-state index in [9.17, 15) is 13.2 Å². The van der Waals surface area contributed by atoms with Gasteiger partial charge in [0, 0.05) is 38.4 Å². The zero-order valence-electron chi connectivity index (χ0n) is 17.2. The molecule has 0 spiro atoms. The van der Waals surface area contributed by atoms with E-state index in [1.54, 1.807) is 30.3 Å². The number of benzene rings is 2. The number of amides is 1. The third kappa shape index (κ3) is 4.52. The topological polar surface area (TPSA) is 69.7 Å². The number of carbonyl (C=O) groups excluding carboxylic acids is 1. The van der Waals surface area contributed by atoms with Gasteiger partial charge in [0.05, 0.1) is 10.8 Å². The maximum atomic E-state index is 12.9. The van der Waals surface area contributed by atoms with Gasteiger partial charge in [0.15, 0.2) is 0 Å². The fraction of sp³-hybridized carbons (Fsp3) is 0.435. The Morgan fingerprint density at radius 2 is 1.80 bits per heavy atom. The van der Waals surface area contributed by atoms with Crippen molar-refractivity contribution in [3.05, 3.63) is 60.2 Å². The van der Waals surface area contributed by atoms with Crippen molar-refractivity contribution in [1.29, 1.82) is 0 Å². The molecule has 1 saturated heterocycles. The van der Waals surface area contributed by atoms with Gasteiger partial charge >= 0.3 is 0 Å². The summed E-state index contributed by atoms with van der Waals surface area (Å²) in [5.74, 6) is -0.325. The lowest BCUT2D eigenvalue weighted by Gasteiger charge is -2.31. The molecule has 2 aromatic rings. The minimum atomic E-state index is -3.55. The number of anilines is 1. The lowest BCUT2D eigenvalue weighted by Crippen LogP contribution is -2.45. The van der Waals surface area contributed by atoms with Crippen LogP contribution in [0.4, 0.5) is 5.69 Å². The quantitative estimate of drug-likeness (QED) is 0.690. The van der Waals surface area contributed by atoms with Crippen molar-refractivity contribution in [3.8, 4) is 0 Å². The Labute approximate surface area is 178 Å². The molecule has 0 radical (unpaired) electrons. The molecule has 1 amide bonds. The average molecular weight is 428 g/mol. The van der Waals surface area contributed by atoms with Gasteiger partial charge in [-0.15, -0.1) is 0 Å². The molecule has 0 aromatic heterocycles. The predicted molar refractivity (Wildman–Crippen MR) is 118 cm³/mol. The Morgan fingerprint density at radius 1 is 1.03 bits per heavy atom. The minimum absolute atomic E-state index is 0.0372. The van der Waals surface area contributed by atoms with Crippen LogP contribution in [0.25, 0.3) is 0 Å². The van der Waals surface area contributed by atoms with Crippen molar-refractivity contribution in [2.75, 3.05) is 37.6 Å². The maximum Gasteiger partial charge on any atom is 0.243 e. The lowest BCUT2D eigenvalue weighted by molar-refractivity contribution is -0.126. The molecule has 160 valence electrons. The van der Waals surface area contributed by atoms with E-state index in [2.05, 4.69) is 34.5 Å². The second-order valence-electron chi connectivity index (χ2n) is 8.03. The summed E-state index contributed by atoms with van der Waals surface area (Å²) in [5, 5.41) is 3.02. The molecule has 0 aliphatic carbocycles. The number of hydrogen-bond acceptors (Lipinski definition) is 4. The summed E-state index contributed by atoms with van der Waals surface area (Å²) in [4.78, 5) is 15.3. The molecule has 2 heterocycles. The molecule has 1 N–H and O–H groups in total. The van der Waals surface area contributed by atoms with Gasteiger partial charge in [0.1, 0.15) is 0 Å². The van der Waals surface area contributed by atoms with Crippen molar-refractivity contribution in [2.45, 2.75) is 30.6 Å². The first kappa shape index (κ1) is 20.9. The van der Waals surface area contributed by atoms with Crippen LogP contribution in [-0.2, 0) is 21.2 Å². The summed E-state index contributed by atoms with van der Waals surface area (Å²) >= 11 is 0. The number of hydrogen-bond donors (Lipinski definition) is 1. The fourth-order valence-corrected chi connectivity index (χ4v) is 5.93. The molecular formula is C23H29N3O3S. The van der Waals surface area contributed by atoms with Gasteiger partial charge in [-0.05, 0) is 49.4 Å². The highest BCUT2D eigenvalue weighted by Crippen LogP contribution is 2.27. The van der Waals surface area contributed by atoms with Gasteiger partial charge in [-0.1, -0.05) is 36.4 Å². The second-order valence-corrected chi connectivity index (χ2v) is 9.96. The van der Waals surface area contributed by atoms with E-state index in [1.807, 2.05) is 0 Å². The summed E-state index contributed by atoms with van der Waals surface area (Å²) in [7, 11) is -3.55. The van der Waals surface area contributed by atoms with Gasteiger partial charge in [-0.25, -0.2) is 8.42 Å². The van der Waals surface area contributed by atoms with Crippen molar-refractivity contribution in [3.63, 3.8) is 0 Å². The van der Waals surface area contributed by atoms with E-state index in [-0.39, 0.29) is 23.3 Å². The van der Waals surface area contributed by atoms with Crippen LogP contribution < -0.4 is 10.2 Å². The molecular weight excluding hydrogens is 398 g/mol. The van der Waals surface area contributed by atoms with Gasteiger partial charge in [0.2, 0.25) is 15.9 Å². The number of para-hydroxylation sites is 1. The smallest absolute Gasteiger partial charge is 0.243 e. The van der Waals surface area contributed by atoms with E-state index >= 15 is 0 Å². The molecule has 6 nitrogen and oxygen atoms in total. The Bertz CT molecular complexity index is 978. The molecule has 30 heavy (non-hydrogen) atoms. The van der Waals surface area contributed by atoms with Crippen LogP contribution in [-0.4, -0.2) is 51.4 Å². The minimum Gasteiger partial charge on any atom is -0.371 e. The first-order valence-corrected chi connectivity index (χ1v) is 12.2. The van der Waals surface area contributed by atoms with Crippen molar-refractivity contribution in [1.82, 2.24) is 9.62 Å². The summed E-state index contributed by atoms with van der Waals surface area (Å²) in [6.07, 6.45) is 3.38. The van der Waals surface area contributed by atoms with E-state index in [1.165, 1.54) is 15.6 Å². The molecule has 2 aliphatic rings. The van der Waals surface area contributed by atoms with Crippen LogP contribution >= 0.6 is 0 Å². The molecule has 1 atom stereocenters. The molecule has 7 heteroatoms. The Morgan fingerprint density at radius 3 is 2.63 bits per heavy atom. The predicted octanol–water partition coefficient (Wildman–Crippen LogP) is 2.66. The van der Waals surface area contributed by atoms with Crippen LogP contribution in [0.15, 0.2) is 59.5 Å². The van der Waals surface area contributed by atoms with Crippen LogP contribution in [0, 0.1) is 5.92 Å². The Hall–Kier alpha value is -2.38. The summed E-state index contributed by atoms with van der Waals surface area (Å²) < 4.78 is 27.2. The van der Waals surface area contributed by atoms with Crippen molar-refractivity contribution < 1.29 is 13.2 Å². The zero-order valence-corrected chi connectivity index (χ0v) is 18.0. The second kappa shape index (κ2) is 9.18. The van der Waals surface area contributed by atoms with Crippen LogP contribution in [0.2, 0.25) is 0 Å². The van der Waals surface area contributed by atoms with E-state index in [0.29, 0.717) is 19.5 Å². The summed E-state index contributed by atoms with van der Waals surface area (Å²) in [6, 6.07) is 16.9. The van der Waals surface area contributed by atoms with Gasteiger partial charge in [-0.3, -0.25) is 4.79 Å². The van der Waals surface area contributed by atoms with Gasteiger partial charge < -0.3 is 10.2 Å². The van der Waals surface area contributed by atoms with Crippen LogP contribution in [0.1, 0.15) is 24.8 Å².